The first-order chi connectivity index (χ1) is 8.24. The Kier molecular flexibility index (Phi) is 3.24. The molecular formula is C12H13N3O2. The monoisotopic (exact) mass is 231 g/mol. The normalized spacial score (nSPS) is 19.7. The minimum Gasteiger partial charge on any atom is -0.480 e. The number of carbonyl (C=O) groups is 1. The van der Waals surface area contributed by atoms with Crippen LogP contribution in [0.2, 0.25) is 0 Å². The average molecular weight is 231 g/mol. The summed E-state index contributed by atoms with van der Waals surface area (Å²) in [7, 11) is 0. The lowest BCUT2D eigenvalue weighted by Gasteiger charge is -2.34. The molecule has 1 atom stereocenters. The molecule has 1 aromatic heterocycles. The van der Waals surface area contributed by atoms with Crippen LogP contribution in [0.3, 0.4) is 0 Å². The molecule has 1 saturated heterocycles. The zero-order valence-corrected chi connectivity index (χ0v) is 9.33. The fourth-order valence-corrected chi connectivity index (χ4v) is 2.15. The Hall–Kier alpha value is -2.09. The largest absolute Gasteiger partial charge is 0.480 e. The molecule has 1 aromatic rings. The third kappa shape index (κ3) is 2.21. The third-order valence-electron chi connectivity index (χ3n) is 2.97. The van der Waals surface area contributed by atoms with E-state index in [-0.39, 0.29) is 0 Å². The smallest absolute Gasteiger partial charge is 0.326 e. The number of hydrogen-bond acceptors (Lipinski definition) is 4. The van der Waals surface area contributed by atoms with Gasteiger partial charge < -0.3 is 10.0 Å². The first kappa shape index (κ1) is 11.4. The van der Waals surface area contributed by atoms with Gasteiger partial charge in [0.1, 0.15) is 17.9 Å². The molecule has 2 heterocycles. The molecule has 0 aliphatic carbocycles. The predicted octanol–water partition coefficient (Wildman–Crippen LogP) is 1.40. The maximum absolute atomic E-state index is 11.2. The number of nitriles is 1. The molecule has 0 aromatic carbocycles. The van der Waals surface area contributed by atoms with Gasteiger partial charge in [0.25, 0.3) is 0 Å². The number of piperidine rings is 1. The molecule has 88 valence electrons. The number of pyridine rings is 1. The standard InChI is InChI=1S/C12H13N3O2/c13-8-9-4-3-6-14-11(9)15-7-2-1-5-10(15)12(16)17/h3-4,6,10H,1-2,5,7H2,(H,16,17)/t10-/m1/s1. The van der Waals surface area contributed by atoms with Crippen LogP contribution in [-0.4, -0.2) is 28.6 Å². The van der Waals surface area contributed by atoms with Gasteiger partial charge in [-0.15, -0.1) is 0 Å². The lowest BCUT2D eigenvalue weighted by atomic mass is 10.0. The molecule has 0 saturated carbocycles. The lowest BCUT2D eigenvalue weighted by molar-refractivity contribution is -0.139. The maximum Gasteiger partial charge on any atom is 0.326 e. The van der Waals surface area contributed by atoms with E-state index in [1.165, 1.54) is 0 Å². The van der Waals surface area contributed by atoms with Crippen molar-refractivity contribution >= 4 is 11.8 Å². The molecule has 17 heavy (non-hydrogen) atoms. The van der Waals surface area contributed by atoms with Crippen LogP contribution >= 0.6 is 0 Å². The van der Waals surface area contributed by atoms with Crippen LogP contribution in [-0.2, 0) is 4.79 Å². The fourth-order valence-electron chi connectivity index (χ4n) is 2.15. The van der Waals surface area contributed by atoms with Gasteiger partial charge in [-0.05, 0) is 31.4 Å². The van der Waals surface area contributed by atoms with Gasteiger partial charge >= 0.3 is 5.97 Å². The highest BCUT2D eigenvalue weighted by Crippen LogP contribution is 2.25. The summed E-state index contributed by atoms with van der Waals surface area (Å²) in [4.78, 5) is 17.1. The van der Waals surface area contributed by atoms with Gasteiger partial charge in [0.2, 0.25) is 0 Å². The highest BCUT2D eigenvalue weighted by atomic mass is 16.4. The van der Waals surface area contributed by atoms with Crippen molar-refractivity contribution in [2.24, 2.45) is 0 Å². The summed E-state index contributed by atoms with van der Waals surface area (Å²) in [6.45, 7) is 0.642. The van der Waals surface area contributed by atoms with Gasteiger partial charge in [-0.3, -0.25) is 0 Å². The molecular weight excluding hydrogens is 218 g/mol. The summed E-state index contributed by atoms with van der Waals surface area (Å²) in [6, 6.07) is 4.84. The minimum atomic E-state index is -0.848. The number of hydrogen-bond donors (Lipinski definition) is 1. The highest BCUT2D eigenvalue weighted by molar-refractivity contribution is 5.78. The molecule has 1 aliphatic heterocycles. The van der Waals surface area contributed by atoms with Gasteiger partial charge in [0, 0.05) is 12.7 Å². The van der Waals surface area contributed by atoms with Crippen molar-refractivity contribution in [3.8, 4) is 6.07 Å². The zero-order chi connectivity index (χ0) is 12.3. The van der Waals surface area contributed by atoms with E-state index in [4.69, 9.17) is 5.26 Å². The zero-order valence-electron chi connectivity index (χ0n) is 9.33. The first-order valence-electron chi connectivity index (χ1n) is 5.58. The fraction of sp³-hybridized carbons (Fsp3) is 0.417. The van der Waals surface area contributed by atoms with Gasteiger partial charge in [0.05, 0.1) is 5.56 Å². The SMILES string of the molecule is N#Cc1cccnc1N1CCCC[C@@H]1C(=O)O. The maximum atomic E-state index is 11.2. The topological polar surface area (TPSA) is 77.2 Å². The van der Waals surface area contributed by atoms with Crippen molar-refractivity contribution in [1.82, 2.24) is 4.98 Å². The molecule has 0 radical (unpaired) electrons. The number of rotatable bonds is 2. The second kappa shape index (κ2) is 4.83. The van der Waals surface area contributed by atoms with E-state index in [2.05, 4.69) is 11.1 Å². The van der Waals surface area contributed by atoms with Gasteiger partial charge in [0.15, 0.2) is 0 Å². The van der Waals surface area contributed by atoms with Crippen molar-refractivity contribution in [1.29, 1.82) is 5.26 Å². The Morgan fingerprint density at radius 1 is 1.59 bits per heavy atom. The van der Waals surface area contributed by atoms with Crippen molar-refractivity contribution < 1.29 is 9.90 Å². The summed E-state index contributed by atoms with van der Waals surface area (Å²) < 4.78 is 0. The molecule has 1 N–H and O–H groups in total. The summed E-state index contributed by atoms with van der Waals surface area (Å²) >= 11 is 0. The van der Waals surface area contributed by atoms with Crippen LogP contribution in [0.1, 0.15) is 24.8 Å². The Morgan fingerprint density at radius 2 is 2.41 bits per heavy atom. The van der Waals surface area contributed by atoms with Crippen LogP contribution in [0.5, 0.6) is 0 Å². The molecule has 0 amide bonds. The summed E-state index contributed by atoms with van der Waals surface area (Å²) in [5.74, 6) is -0.360. The summed E-state index contributed by atoms with van der Waals surface area (Å²) in [6.07, 6.45) is 4.04. The Bertz CT molecular complexity index is 467. The van der Waals surface area contributed by atoms with E-state index in [0.29, 0.717) is 24.3 Å². The van der Waals surface area contributed by atoms with Crippen LogP contribution in [0.25, 0.3) is 0 Å². The van der Waals surface area contributed by atoms with Gasteiger partial charge in [-0.25, -0.2) is 9.78 Å². The van der Waals surface area contributed by atoms with Crippen LogP contribution in [0, 0.1) is 11.3 Å². The van der Waals surface area contributed by atoms with Crippen molar-refractivity contribution in [2.45, 2.75) is 25.3 Å². The second-order valence-corrected chi connectivity index (χ2v) is 4.03. The van der Waals surface area contributed by atoms with E-state index in [0.717, 1.165) is 12.8 Å². The molecule has 1 fully saturated rings. The number of carboxylic acids is 1. The quantitative estimate of drug-likeness (QED) is 0.832. The molecule has 2 rings (SSSR count). The van der Waals surface area contributed by atoms with Crippen LogP contribution < -0.4 is 4.90 Å². The van der Waals surface area contributed by atoms with E-state index < -0.39 is 12.0 Å². The lowest BCUT2D eigenvalue weighted by Crippen LogP contribution is -2.45. The van der Waals surface area contributed by atoms with Gasteiger partial charge in [-0.1, -0.05) is 0 Å². The number of nitrogens with zero attached hydrogens (tertiary/aromatic N) is 3. The minimum absolute atomic E-state index is 0.431. The third-order valence-corrected chi connectivity index (χ3v) is 2.97. The van der Waals surface area contributed by atoms with E-state index in [9.17, 15) is 9.90 Å². The average Bonchev–Trinajstić information content (AvgIpc) is 2.38. The molecule has 5 heteroatoms. The summed E-state index contributed by atoms with van der Waals surface area (Å²) in [5.41, 5.74) is 0.431. The van der Waals surface area contributed by atoms with E-state index in [1.54, 1.807) is 23.2 Å². The van der Waals surface area contributed by atoms with Crippen LogP contribution in [0.15, 0.2) is 18.3 Å². The van der Waals surface area contributed by atoms with Crippen molar-refractivity contribution in [3.05, 3.63) is 23.9 Å². The Balaban J connectivity index is 2.36. The number of aliphatic carboxylic acids is 1. The van der Waals surface area contributed by atoms with Crippen LogP contribution in [0.4, 0.5) is 5.82 Å². The number of anilines is 1. The molecule has 5 nitrogen and oxygen atoms in total. The van der Waals surface area contributed by atoms with E-state index in [1.807, 2.05) is 0 Å². The number of carboxylic acid groups (broad SMARTS) is 1. The molecule has 0 unspecified atom stereocenters. The first-order valence-corrected chi connectivity index (χ1v) is 5.58. The highest BCUT2D eigenvalue weighted by Gasteiger charge is 2.30. The van der Waals surface area contributed by atoms with Gasteiger partial charge in [-0.2, -0.15) is 5.26 Å². The second-order valence-electron chi connectivity index (χ2n) is 4.03. The molecule has 0 bridgehead atoms. The van der Waals surface area contributed by atoms with Crippen molar-refractivity contribution in [3.63, 3.8) is 0 Å². The Labute approximate surface area is 99.3 Å². The summed E-state index contributed by atoms with van der Waals surface area (Å²) in [5, 5.41) is 18.2. The Morgan fingerprint density at radius 3 is 3.12 bits per heavy atom. The number of aromatic nitrogens is 1. The van der Waals surface area contributed by atoms with E-state index >= 15 is 0 Å². The van der Waals surface area contributed by atoms with Crippen molar-refractivity contribution in [2.75, 3.05) is 11.4 Å². The predicted molar refractivity (Wildman–Crippen MR) is 61.6 cm³/mol. The molecule has 0 spiro atoms. The molecule has 1 aliphatic rings.